The fourth-order valence-corrected chi connectivity index (χ4v) is 3.13. The number of rotatable bonds is 3. The summed E-state index contributed by atoms with van der Waals surface area (Å²) in [7, 11) is 0. The Labute approximate surface area is 116 Å². The van der Waals surface area contributed by atoms with E-state index in [-0.39, 0.29) is 17.6 Å². The second kappa shape index (κ2) is 4.90. The van der Waals surface area contributed by atoms with Gasteiger partial charge in [-0.2, -0.15) is 0 Å². The first-order chi connectivity index (χ1) is 9.58. The molecule has 5 nitrogen and oxygen atoms in total. The summed E-state index contributed by atoms with van der Waals surface area (Å²) in [6.45, 7) is 2.58. The number of aryl methyl sites for hydroxylation is 1. The molecule has 3 rings (SSSR count). The number of aliphatic hydroxyl groups is 1. The summed E-state index contributed by atoms with van der Waals surface area (Å²) >= 11 is 0. The van der Waals surface area contributed by atoms with E-state index >= 15 is 0 Å². The normalized spacial score (nSPS) is 22.5. The zero-order valence-electron chi connectivity index (χ0n) is 11.4. The molecule has 0 radical (unpaired) electrons. The molecule has 1 fully saturated rings. The van der Waals surface area contributed by atoms with Gasteiger partial charge in [-0.25, -0.2) is 9.78 Å². The SMILES string of the molecule is Cc1nc2c(C(=O)O)cccc2n1CC1CCCC1O. The van der Waals surface area contributed by atoms with Crippen LogP contribution in [-0.2, 0) is 6.54 Å². The van der Waals surface area contributed by atoms with Gasteiger partial charge in [0.1, 0.15) is 11.3 Å². The van der Waals surface area contributed by atoms with Crippen LogP contribution in [0, 0.1) is 12.8 Å². The maximum absolute atomic E-state index is 11.2. The number of carbonyl (C=O) groups is 1. The Bertz CT molecular complexity index is 662. The molecule has 1 aliphatic rings. The second-order valence-corrected chi connectivity index (χ2v) is 5.51. The molecule has 0 spiro atoms. The molecule has 0 bridgehead atoms. The Balaban J connectivity index is 2.05. The van der Waals surface area contributed by atoms with E-state index in [1.807, 2.05) is 17.6 Å². The van der Waals surface area contributed by atoms with Crippen LogP contribution in [0.25, 0.3) is 11.0 Å². The van der Waals surface area contributed by atoms with Crippen molar-refractivity contribution in [3.63, 3.8) is 0 Å². The van der Waals surface area contributed by atoms with Gasteiger partial charge in [0.05, 0.1) is 17.2 Å². The third-order valence-electron chi connectivity index (χ3n) is 4.24. The predicted molar refractivity (Wildman–Crippen MR) is 74.8 cm³/mol. The van der Waals surface area contributed by atoms with Crippen molar-refractivity contribution < 1.29 is 15.0 Å². The van der Waals surface area contributed by atoms with Crippen molar-refractivity contribution >= 4 is 17.0 Å². The number of hydrogen-bond acceptors (Lipinski definition) is 3. The molecule has 2 atom stereocenters. The van der Waals surface area contributed by atoms with E-state index in [4.69, 9.17) is 0 Å². The molecular weight excluding hydrogens is 256 g/mol. The molecule has 0 saturated heterocycles. The lowest BCUT2D eigenvalue weighted by molar-refractivity contribution is 0.0699. The van der Waals surface area contributed by atoms with Gasteiger partial charge in [-0.15, -0.1) is 0 Å². The molecule has 1 aromatic heterocycles. The van der Waals surface area contributed by atoms with Crippen LogP contribution in [0.5, 0.6) is 0 Å². The van der Waals surface area contributed by atoms with Gasteiger partial charge in [-0.1, -0.05) is 12.5 Å². The van der Waals surface area contributed by atoms with Gasteiger partial charge < -0.3 is 14.8 Å². The number of aromatic carboxylic acids is 1. The average molecular weight is 274 g/mol. The van der Waals surface area contributed by atoms with Gasteiger partial charge in [0.2, 0.25) is 0 Å². The predicted octanol–water partition coefficient (Wildman–Crippen LogP) is 2.20. The third-order valence-corrected chi connectivity index (χ3v) is 4.24. The van der Waals surface area contributed by atoms with Gasteiger partial charge in [-0.05, 0) is 31.9 Å². The van der Waals surface area contributed by atoms with Crippen molar-refractivity contribution in [2.75, 3.05) is 0 Å². The first-order valence-corrected chi connectivity index (χ1v) is 6.95. The first kappa shape index (κ1) is 13.1. The molecule has 1 heterocycles. The molecule has 0 amide bonds. The number of fused-ring (bicyclic) bond motifs is 1. The quantitative estimate of drug-likeness (QED) is 0.899. The Kier molecular flexibility index (Phi) is 3.22. The van der Waals surface area contributed by atoms with Crippen LogP contribution < -0.4 is 0 Å². The molecule has 20 heavy (non-hydrogen) atoms. The molecule has 2 N–H and O–H groups in total. The highest BCUT2D eigenvalue weighted by atomic mass is 16.4. The zero-order valence-corrected chi connectivity index (χ0v) is 11.4. The smallest absolute Gasteiger partial charge is 0.337 e. The topological polar surface area (TPSA) is 75.3 Å². The lowest BCUT2D eigenvalue weighted by atomic mass is 10.1. The van der Waals surface area contributed by atoms with E-state index < -0.39 is 5.97 Å². The second-order valence-electron chi connectivity index (χ2n) is 5.51. The van der Waals surface area contributed by atoms with Crippen molar-refractivity contribution in [2.24, 2.45) is 5.92 Å². The van der Waals surface area contributed by atoms with Crippen molar-refractivity contribution in [1.29, 1.82) is 0 Å². The Morgan fingerprint density at radius 3 is 2.90 bits per heavy atom. The summed E-state index contributed by atoms with van der Waals surface area (Å²) in [6.07, 6.45) is 2.67. The van der Waals surface area contributed by atoms with E-state index in [2.05, 4.69) is 4.98 Å². The summed E-state index contributed by atoms with van der Waals surface area (Å²) in [5.74, 6) is 0.0773. The summed E-state index contributed by atoms with van der Waals surface area (Å²) in [4.78, 5) is 15.6. The third kappa shape index (κ3) is 2.08. The van der Waals surface area contributed by atoms with Crippen LogP contribution in [0.1, 0.15) is 35.4 Å². The molecule has 106 valence electrons. The minimum atomic E-state index is -0.957. The number of para-hydroxylation sites is 1. The summed E-state index contributed by atoms with van der Waals surface area (Å²) < 4.78 is 2.03. The number of carboxylic acids is 1. The minimum absolute atomic E-state index is 0.233. The standard InChI is InChI=1S/C15H18N2O3/c1-9-16-14-11(15(19)20)5-3-6-12(14)17(9)8-10-4-2-7-13(10)18/h3,5-6,10,13,18H,2,4,7-8H2,1H3,(H,19,20). The van der Waals surface area contributed by atoms with Crippen molar-refractivity contribution in [1.82, 2.24) is 9.55 Å². The van der Waals surface area contributed by atoms with Crippen LogP contribution in [-0.4, -0.2) is 31.8 Å². The molecule has 2 aromatic rings. The Morgan fingerprint density at radius 1 is 1.45 bits per heavy atom. The van der Waals surface area contributed by atoms with Crippen LogP contribution in [0.15, 0.2) is 18.2 Å². The lowest BCUT2D eigenvalue weighted by Crippen LogP contribution is -2.19. The van der Waals surface area contributed by atoms with E-state index in [1.165, 1.54) is 0 Å². The lowest BCUT2D eigenvalue weighted by Gasteiger charge is -2.16. The maximum Gasteiger partial charge on any atom is 0.337 e. The fourth-order valence-electron chi connectivity index (χ4n) is 3.13. The fraction of sp³-hybridized carbons (Fsp3) is 0.467. The number of aliphatic hydroxyl groups excluding tert-OH is 1. The van der Waals surface area contributed by atoms with Crippen LogP contribution in [0.4, 0.5) is 0 Å². The average Bonchev–Trinajstić information content (AvgIpc) is 2.94. The summed E-state index contributed by atoms with van der Waals surface area (Å²) in [5, 5.41) is 19.2. The monoisotopic (exact) mass is 274 g/mol. The summed E-state index contributed by atoms with van der Waals surface area (Å²) in [5.41, 5.74) is 1.60. The highest BCUT2D eigenvalue weighted by molar-refractivity contribution is 6.01. The molecule has 1 aromatic carbocycles. The number of carboxylic acid groups (broad SMARTS) is 1. The van der Waals surface area contributed by atoms with Crippen molar-refractivity contribution in [3.05, 3.63) is 29.6 Å². The van der Waals surface area contributed by atoms with E-state index in [1.54, 1.807) is 12.1 Å². The molecule has 2 unspecified atom stereocenters. The maximum atomic E-state index is 11.2. The van der Waals surface area contributed by atoms with Gasteiger partial charge in [0.15, 0.2) is 0 Å². The van der Waals surface area contributed by atoms with E-state index in [0.717, 1.165) is 30.6 Å². The van der Waals surface area contributed by atoms with Crippen molar-refractivity contribution in [3.8, 4) is 0 Å². The van der Waals surface area contributed by atoms with Crippen LogP contribution in [0.2, 0.25) is 0 Å². The number of hydrogen-bond donors (Lipinski definition) is 2. The van der Waals surface area contributed by atoms with Gasteiger partial charge in [0.25, 0.3) is 0 Å². The van der Waals surface area contributed by atoms with Crippen LogP contribution >= 0.6 is 0 Å². The zero-order chi connectivity index (χ0) is 14.3. The number of imidazole rings is 1. The molecular formula is C15H18N2O3. The van der Waals surface area contributed by atoms with Crippen LogP contribution in [0.3, 0.4) is 0 Å². The highest BCUT2D eigenvalue weighted by Gasteiger charge is 2.27. The van der Waals surface area contributed by atoms with Gasteiger partial charge in [0, 0.05) is 12.5 Å². The minimum Gasteiger partial charge on any atom is -0.478 e. The van der Waals surface area contributed by atoms with E-state index in [9.17, 15) is 15.0 Å². The highest BCUT2D eigenvalue weighted by Crippen LogP contribution is 2.29. The largest absolute Gasteiger partial charge is 0.478 e. The Hall–Kier alpha value is -1.88. The number of aromatic nitrogens is 2. The van der Waals surface area contributed by atoms with Crippen molar-refractivity contribution in [2.45, 2.75) is 38.8 Å². The van der Waals surface area contributed by atoms with Gasteiger partial charge >= 0.3 is 5.97 Å². The molecule has 0 aliphatic heterocycles. The number of nitrogens with zero attached hydrogens (tertiary/aromatic N) is 2. The molecule has 1 saturated carbocycles. The summed E-state index contributed by atoms with van der Waals surface area (Å²) in [6, 6.07) is 5.21. The van der Waals surface area contributed by atoms with Gasteiger partial charge in [-0.3, -0.25) is 0 Å². The first-order valence-electron chi connectivity index (χ1n) is 6.95. The number of benzene rings is 1. The van der Waals surface area contributed by atoms with E-state index in [0.29, 0.717) is 12.1 Å². The molecule has 1 aliphatic carbocycles. The molecule has 5 heteroatoms. The Morgan fingerprint density at radius 2 is 2.25 bits per heavy atom.